The van der Waals surface area contributed by atoms with E-state index in [1.165, 1.54) is 6.92 Å². The average Bonchev–Trinajstić information content (AvgIpc) is 2.83. The molecule has 0 aromatic rings. The predicted octanol–water partition coefficient (Wildman–Crippen LogP) is 0.899. The molecule has 7 heteroatoms. The summed E-state index contributed by atoms with van der Waals surface area (Å²) >= 11 is 0. The van der Waals surface area contributed by atoms with Crippen molar-refractivity contribution < 1.29 is 13.2 Å². The molecule has 1 rings (SSSR count). The van der Waals surface area contributed by atoms with Crippen LogP contribution in [0.5, 0.6) is 0 Å². The van der Waals surface area contributed by atoms with Gasteiger partial charge in [-0.1, -0.05) is 0 Å². The third-order valence-corrected chi connectivity index (χ3v) is 1.92. The maximum atomic E-state index is 12.0. The number of alkyl halides is 3. The topological polar surface area (TPSA) is 62.4 Å². The number of nitrogens with zero attached hydrogens (tertiary/aromatic N) is 1. The molecule has 4 N–H and O–H groups in total. The van der Waals surface area contributed by atoms with Crippen LogP contribution < -0.4 is 16.6 Å². The highest BCUT2D eigenvalue weighted by molar-refractivity contribution is 5.79. The van der Waals surface area contributed by atoms with Crippen LogP contribution >= 0.6 is 0 Å². The first-order chi connectivity index (χ1) is 6.90. The lowest BCUT2D eigenvalue weighted by Crippen LogP contribution is -2.46. The summed E-state index contributed by atoms with van der Waals surface area (Å²) in [5.74, 6) is 5.37. The van der Waals surface area contributed by atoms with Crippen molar-refractivity contribution in [3.8, 4) is 0 Å². The van der Waals surface area contributed by atoms with Crippen LogP contribution in [-0.2, 0) is 0 Å². The van der Waals surface area contributed by atoms with Gasteiger partial charge in [-0.25, -0.2) is 10.8 Å². The number of halogens is 3. The van der Waals surface area contributed by atoms with Crippen LogP contribution in [0.3, 0.4) is 0 Å². The number of hydrogen-bond acceptors (Lipinski definition) is 2. The van der Waals surface area contributed by atoms with Crippen LogP contribution in [0.1, 0.15) is 26.2 Å². The molecule has 1 atom stereocenters. The number of nitrogens with two attached hydrogens (primary N) is 1. The zero-order chi connectivity index (χ0) is 11.5. The Morgan fingerprint density at radius 1 is 1.53 bits per heavy atom. The summed E-state index contributed by atoms with van der Waals surface area (Å²) in [5, 5.41) is 2.59. The van der Waals surface area contributed by atoms with Gasteiger partial charge in [-0.2, -0.15) is 13.2 Å². The van der Waals surface area contributed by atoms with Gasteiger partial charge in [-0.05, 0) is 19.8 Å². The highest BCUT2D eigenvalue weighted by atomic mass is 19.4. The molecule has 4 nitrogen and oxygen atoms in total. The zero-order valence-corrected chi connectivity index (χ0v) is 8.43. The van der Waals surface area contributed by atoms with Gasteiger partial charge in [-0.3, -0.25) is 5.43 Å². The van der Waals surface area contributed by atoms with E-state index in [4.69, 9.17) is 5.84 Å². The Hall–Kier alpha value is -0.980. The Morgan fingerprint density at radius 2 is 2.13 bits per heavy atom. The lowest BCUT2D eigenvalue weighted by atomic mass is 10.2. The maximum Gasteiger partial charge on any atom is 0.391 e. The summed E-state index contributed by atoms with van der Waals surface area (Å²) in [7, 11) is 0. The molecule has 1 unspecified atom stereocenters. The van der Waals surface area contributed by atoms with Crippen LogP contribution in [0.25, 0.3) is 0 Å². The fourth-order valence-electron chi connectivity index (χ4n) is 1.13. The highest BCUT2D eigenvalue weighted by Crippen LogP contribution is 2.23. The Kier molecular flexibility index (Phi) is 3.78. The molecule has 1 aliphatic rings. The fourth-order valence-corrected chi connectivity index (χ4v) is 1.13. The van der Waals surface area contributed by atoms with E-state index in [0.29, 0.717) is 0 Å². The molecule has 1 fully saturated rings. The Bertz CT molecular complexity index is 235. The molecule has 0 amide bonds. The van der Waals surface area contributed by atoms with E-state index in [1.807, 2.05) is 0 Å². The summed E-state index contributed by atoms with van der Waals surface area (Å²) in [6.45, 7) is 1.44. The maximum absolute atomic E-state index is 12.0. The van der Waals surface area contributed by atoms with Crippen LogP contribution in [-0.4, -0.2) is 24.2 Å². The predicted molar refractivity (Wildman–Crippen MR) is 51.0 cm³/mol. The third-order valence-electron chi connectivity index (χ3n) is 1.92. The smallest absolute Gasteiger partial charge is 0.353 e. The van der Waals surface area contributed by atoms with Crippen LogP contribution in [0.15, 0.2) is 4.99 Å². The summed E-state index contributed by atoms with van der Waals surface area (Å²) in [6, 6.07) is -0.528. The molecule has 15 heavy (non-hydrogen) atoms. The minimum atomic E-state index is -4.17. The molecule has 0 spiro atoms. The highest BCUT2D eigenvalue weighted by Gasteiger charge is 2.30. The van der Waals surface area contributed by atoms with E-state index in [2.05, 4.69) is 15.7 Å². The molecule has 1 aliphatic carbocycles. The Labute approximate surface area is 86.1 Å². The molecule has 0 heterocycles. The van der Waals surface area contributed by atoms with Gasteiger partial charge in [0.1, 0.15) is 0 Å². The number of rotatable bonds is 3. The van der Waals surface area contributed by atoms with Crippen molar-refractivity contribution in [3.63, 3.8) is 0 Å². The van der Waals surface area contributed by atoms with Crippen molar-refractivity contribution in [1.82, 2.24) is 10.7 Å². The van der Waals surface area contributed by atoms with Crippen molar-refractivity contribution in [2.45, 2.75) is 44.4 Å². The molecular weight excluding hydrogens is 209 g/mol. The molecule has 0 aromatic carbocycles. The fraction of sp³-hybridized carbons (Fsp3) is 0.875. The summed E-state index contributed by atoms with van der Waals surface area (Å²) in [6.07, 6.45) is -3.13. The third kappa shape index (κ3) is 5.46. The van der Waals surface area contributed by atoms with E-state index in [1.54, 1.807) is 0 Å². The SMILES string of the molecule is CC(CC(F)(F)F)NC(=NC1CC1)NN. The number of hydrazine groups is 1. The number of guanidine groups is 1. The molecule has 1 saturated carbocycles. The van der Waals surface area contributed by atoms with E-state index in [-0.39, 0.29) is 12.0 Å². The minimum absolute atomic E-state index is 0.210. The van der Waals surface area contributed by atoms with E-state index < -0.39 is 18.6 Å². The number of nitrogens with one attached hydrogen (secondary N) is 2. The second-order valence-electron chi connectivity index (χ2n) is 3.72. The molecular formula is C8H15F3N4. The average molecular weight is 224 g/mol. The van der Waals surface area contributed by atoms with Crippen molar-refractivity contribution >= 4 is 5.96 Å². The summed E-state index contributed by atoms with van der Waals surface area (Å²) < 4.78 is 36.0. The Balaban J connectivity index is 2.37. The molecule has 0 bridgehead atoms. The van der Waals surface area contributed by atoms with Gasteiger partial charge in [0.05, 0.1) is 12.5 Å². The van der Waals surface area contributed by atoms with Gasteiger partial charge in [0, 0.05) is 6.04 Å². The first-order valence-corrected chi connectivity index (χ1v) is 4.78. The van der Waals surface area contributed by atoms with E-state index in [0.717, 1.165) is 12.8 Å². The van der Waals surface area contributed by atoms with Crippen LogP contribution in [0, 0.1) is 0 Å². The first-order valence-electron chi connectivity index (χ1n) is 4.78. The molecule has 88 valence electrons. The number of hydrogen-bond donors (Lipinski definition) is 3. The van der Waals surface area contributed by atoms with Crippen LogP contribution in [0.4, 0.5) is 13.2 Å². The van der Waals surface area contributed by atoms with Gasteiger partial charge in [0.25, 0.3) is 0 Å². The van der Waals surface area contributed by atoms with Crippen molar-refractivity contribution in [2.24, 2.45) is 10.8 Å². The van der Waals surface area contributed by atoms with Crippen molar-refractivity contribution in [2.75, 3.05) is 0 Å². The van der Waals surface area contributed by atoms with Crippen molar-refractivity contribution in [1.29, 1.82) is 0 Å². The Morgan fingerprint density at radius 3 is 2.53 bits per heavy atom. The van der Waals surface area contributed by atoms with Gasteiger partial charge in [-0.15, -0.1) is 0 Å². The summed E-state index contributed by atoms with van der Waals surface area (Å²) in [5.41, 5.74) is 2.26. The van der Waals surface area contributed by atoms with Gasteiger partial charge >= 0.3 is 6.18 Å². The standard InChI is InChI=1S/C8H15F3N4/c1-5(4-8(9,10)11)13-7(15-12)14-6-2-3-6/h5-6H,2-4,12H2,1H3,(H2,13,14,15). The molecule has 0 radical (unpaired) electrons. The second-order valence-corrected chi connectivity index (χ2v) is 3.72. The zero-order valence-electron chi connectivity index (χ0n) is 8.43. The molecule has 0 aliphatic heterocycles. The van der Waals surface area contributed by atoms with Crippen LogP contribution in [0.2, 0.25) is 0 Å². The minimum Gasteiger partial charge on any atom is -0.353 e. The second kappa shape index (κ2) is 4.69. The van der Waals surface area contributed by atoms with E-state index >= 15 is 0 Å². The first kappa shape index (κ1) is 12.1. The monoisotopic (exact) mass is 224 g/mol. The van der Waals surface area contributed by atoms with Crippen molar-refractivity contribution in [3.05, 3.63) is 0 Å². The summed E-state index contributed by atoms with van der Waals surface area (Å²) in [4.78, 5) is 4.08. The number of aliphatic imine (C=N–C) groups is 1. The van der Waals surface area contributed by atoms with Gasteiger partial charge in [0.2, 0.25) is 5.96 Å². The van der Waals surface area contributed by atoms with Gasteiger partial charge in [0.15, 0.2) is 0 Å². The quantitative estimate of drug-likeness (QED) is 0.289. The normalized spacial score (nSPS) is 19.9. The van der Waals surface area contributed by atoms with Gasteiger partial charge < -0.3 is 5.32 Å². The largest absolute Gasteiger partial charge is 0.391 e. The lowest BCUT2D eigenvalue weighted by molar-refractivity contribution is -0.138. The van der Waals surface area contributed by atoms with E-state index in [9.17, 15) is 13.2 Å². The molecule has 0 aromatic heterocycles. The lowest BCUT2D eigenvalue weighted by Gasteiger charge is -2.17. The molecule has 0 saturated heterocycles.